The molecule has 4 atom stereocenters. The van der Waals surface area contributed by atoms with E-state index in [0.717, 1.165) is 0 Å². The third-order valence-corrected chi connectivity index (χ3v) is 5.42. The second-order valence-electron chi connectivity index (χ2n) is 7.04. The highest BCUT2D eigenvalue weighted by Crippen LogP contribution is 2.05. The molecule has 0 saturated heterocycles. The standard InChI is InChI=1S/C18H29N7O6S2/c1-33-3-2-11(18(30)31)23-16(28)12(4-9-6-21-8-22-9)24-17(29)13(7-32)25-15(27)10(19)5-14(20)26/h6,8,10-13,32H,2-5,7,19H2,1H3,(H2,20,26)(H,21,22)(H,23,28)(H,24,29)(H,25,27)(H,30,31). The first-order valence-electron chi connectivity index (χ1n) is 9.83. The highest BCUT2D eigenvalue weighted by molar-refractivity contribution is 7.98. The van der Waals surface area contributed by atoms with Crippen molar-refractivity contribution in [1.82, 2.24) is 25.9 Å². The summed E-state index contributed by atoms with van der Waals surface area (Å²) in [6.07, 6.45) is 4.42. The number of nitrogens with zero attached hydrogens (tertiary/aromatic N) is 1. The second kappa shape index (κ2) is 14.4. The fourth-order valence-electron chi connectivity index (χ4n) is 2.65. The molecular weight excluding hydrogens is 474 g/mol. The lowest BCUT2D eigenvalue weighted by molar-refractivity contribution is -0.142. The van der Waals surface area contributed by atoms with Gasteiger partial charge in [0, 0.05) is 24.1 Å². The number of carbonyl (C=O) groups is 5. The summed E-state index contributed by atoms with van der Waals surface area (Å²) in [7, 11) is 0. The normalized spacial score (nSPS) is 14.4. The minimum Gasteiger partial charge on any atom is -0.480 e. The summed E-state index contributed by atoms with van der Waals surface area (Å²) in [4.78, 5) is 66.8. The first-order valence-corrected chi connectivity index (χ1v) is 11.9. The predicted molar refractivity (Wildman–Crippen MR) is 124 cm³/mol. The Morgan fingerprint density at radius 1 is 1.12 bits per heavy atom. The van der Waals surface area contributed by atoms with Crippen LogP contribution in [0.2, 0.25) is 0 Å². The molecule has 1 aromatic heterocycles. The van der Waals surface area contributed by atoms with Crippen molar-refractivity contribution in [3.63, 3.8) is 0 Å². The topological polar surface area (TPSA) is 222 Å². The van der Waals surface area contributed by atoms with E-state index in [4.69, 9.17) is 11.5 Å². The van der Waals surface area contributed by atoms with Crippen LogP contribution in [-0.4, -0.2) is 86.6 Å². The van der Waals surface area contributed by atoms with Gasteiger partial charge in [-0.2, -0.15) is 24.4 Å². The minimum atomic E-state index is -1.26. The number of H-pyrrole nitrogens is 1. The molecule has 0 bridgehead atoms. The van der Waals surface area contributed by atoms with Gasteiger partial charge in [0.25, 0.3) is 0 Å². The molecule has 15 heteroatoms. The Labute approximate surface area is 200 Å². The van der Waals surface area contributed by atoms with Crippen LogP contribution >= 0.6 is 24.4 Å². The molecule has 0 aliphatic heterocycles. The van der Waals surface area contributed by atoms with Gasteiger partial charge >= 0.3 is 5.97 Å². The molecule has 0 spiro atoms. The average Bonchev–Trinajstić information content (AvgIpc) is 3.26. The van der Waals surface area contributed by atoms with Crippen molar-refractivity contribution in [3.05, 3.63) is 18.2 Å². The van der Waals surface area contributed by atoms with Gasteiger partial charge in [0.2, 0.25) is 23.6 Å². The largest absolute Gasteiger partial charge is 0.480 e. The van der Waals surface area contributed by atoms with E-state index < -0.39 is 60.2 Å². The highest BCUT2D eigenvalue weighted by atomic mass is 32.2. The van der Waals surface area contributed by atoms with Crippen LogP contribution in [0, 0.1) is 0 Å². The number of rotatable bonds is 15. The number of carboxylic acids is 1. The monoisotopic (exact) mass is 503 g/mol. The average molecular weight is 504 g/mol. The number of imidazole rings is 1. The van der Waals surface area contributed by atoms with Crippen LogP contribution in [0.15, 0.2) is 12.5 Å². The van der Waals surface area contributed by atoms with Crippen LogP contribution in [0.5, 0.6) is 0 Å². The number of aliphatic carboxylic acids is 1. The summed E-state index contributed by atoms with van der Waals surface area (Å²) in [6.45, 7) is 0. The molecule has 4 amide bonds. The van der Waals surface area contributed by atoms with Crippen LogP contribution < -0.4 is 27.4 Å². The maximum absolute atomic E-state index is 12.8. The van der Waals surface area contributed by atoms with E-state index in [0.29, 0.717) is 11.4 Å². The van der Waals surface area contributed by atoms with Gasteiger partial charge in [-0.05, 0) is 18.4 Å². The molecule has 1 rings (SSSR count). The molecule has 0 aromatic carbocycles. The molecule has 9 N–H and O–H groups in total. The van der Waals surface area contributed by atoms with E-state index in [1.165, 1.54) is 24.3 Å². The van der Waals surface area contributed by atoms with Gasteiger partial charge < -0.3 is 37.5 Å². The van der Waals surface area contributed by atoms with Gasteiger partial charge in [-0.1, -0.05) is 0 Å². The number of nitrogens with one attached hydrogen (secondary N) is 4. The number of hydrogen-bond donors (Lipinski definition) is 8. The lowest BCUT2D eigenvalue weighted by atomic mass is 10.1. The minimum absolute atomic E-state index is 0.0130. The van der Waals surface area contributed by atoms with Crippen molar-refractivity contribution in [1.29, 1.82) is 0 Å². The van der Waals surface area contributed by atoms with E-state index in [2.05, 4.69) is 38.5 Å². The summed E-state index contributed by atoms with van der Waals surface area (Å²) in [5.41, 5.74) is 11.1. The first-order chi connectivity index (χ1) is 15.6. The van der Waals surface area contributed by atoms with E-state index in [1.54, 1.807) is 0 Å². The zero-order valence-corrected chi connectivity index (χ0v) is 19.7. The SMILES string of the molecule is CSCCC(NC(=O)C(Cc1cnc[nH]1)NC(=O)C(CS)NC(=O)C(N)CC(N)=O)C(=O)O. The van der Waals surface area contributed by atoms with E-state index >= 15 is 0 Å². The number of carboxylic acid groups (broad SMARTS) is 1. The van der Waals surface area contributed by atoms with Crippen LogP contribution in [-0.2, 0) is 30.4 Å². The summed E-state index contributed by atoms with van der Waals surface area (Å²) in [5.74, 6) is -3.87. The molecule has 0 fully saturated rings. The molecule has 0 radical (unpaired) electrons. The van der Waals surface area contributed by atoms with E-state index in [9.17, 15) is 29.1 Å². The number of aromatic nitrogens is 2. The van der Waals surface area contributed by atoms with Crippen molar-refractivity contribution in [2.24, 2.45) is 11.5 Å². The van der Waals surface area contributed by atoms with Gasteiger partial charge in [0.15, 0.2) is 0 Å². The molecule has 0 saturated carbocycles. The van der Waals surface area contributed by atoms with Crippen molar-refractivity contribution < 1.29 is 29.1 Å². The first kappa shape index (κ1) is 28.3. The zero-order valence-electron chi connectivity index (χ0n) is 17.9. The quantitative estimate of drug-likeness (QED) is 0.117. The Balaban J connectivity index is 2.93. The lowest BCUT2D eigenvalue weighted by Crippen LogP contribution is -2.58. The maximum atomic E-state index is 12.8. The van der Waals surface area contributed by atoms with Gasteiger partial charge in [0.1, 0.15) is 18.1 Å². The fourth-order valence-corrected chi connectivity index (χ4v) is 3.37. The highest BCUT2D eigenvalue weighted by Gasteiger charge is 2.30. The third-order valence-electron chi connectivity index (χ3n) is 4.41. The number of nitrogens with two attached hydrogens (primary N) is 2. The number of aromatic amines is 1. The Morgan fingerprint density at radius 3 is 2.24 bits per heavy atom. The van der Waals surface area contributed by atoms with Gasteiger partial charge in [-0.3, -0.25) is 19.2 Å². The molecular formula is C18H29N7O6S2. The molecule has 0 aliphatic carbocycles. The van der Waals surface area contributed by atoms with Gasteiger partial charge in [-0.15, -0.1) is 0 Å². The number of thiol groups is 1. The van der Waals surface area contributed by atoms with Crippen molar-refractivity contribution >= 4 is 54.0 Å². The Hall–Kier alpha value is -2.78. The molecule has 184 valence electrons. The number of primary amides is 1. The Bertz CT molecular complexity index is 823. The maximum Gasteiger partial charge on any atom is 0.326 e. The van der Waals surface area contributed by atoms with Crippen LogP contribution in [0.3, 0.4) is 0 Å². The van der Waals surface area contributed by atoms with Gasteiger partial charge in [-0.25, -0.2) is 9.78 Å². The molecule has 1 heterocycles. The van der Waals surface area contributed by atoms with E-state index in [1.807, 2.05) is 6.26 Å². The summed E-state index contributed by atoms with van der Waals surface area (Å²) < 4.78 is 0. The Kier molecular flexibility index (Phi) is 12.3. The molecule has 4 unspecified atom stereocenters. The third kappa shape index (κ3) is 10.1. The summed E-state index contributed by atoms with van der Waals surface area (Å²) >= 11 is 5.48. The molecule has 33 heavy (non-hydrogen) atoms. The summed E-state index contributed by atoms with van der Waals surface area (Å²) in [5, 5.41) is 16.7. The van der Waals surface area contributed by atoms with Crippen molar-refractivity contribution in [3.8, 4) is 0 Å². The second-order valence-corrected chi connectivity index (χ2v) is 8.39. The smallest absolute Gasteiger partial charge is 0.326 e. The number of hydrogen-bond acceptors (Lipinski definition) is 9. The number of carbonyl (C=O) groups excluding carboxylic acids is 4. The van der Waals surface area contributed by atoms with Gasteiger partial charge in [0.05, 0.1) is 18.8 Å². The zero-order chi connectivity index (χ0) is 25.0. The number of thioether (sulfide) groups is 1. The summed E-state index contributed by atoms with van der Waals surface area (Å²) in [6, 6.07) is -4.75. The molecule has 0 aliphatic rings. The molecule has 13 nitrogen and oxygen atoms in total. The van der Waals surface area contributed by atoms with Crippen molar-refractivity contribution in [2.45, 2.75) is 43.4 Å². The molecule has 1 aromatic rings. The number of amides is 4. The lowest BCUT2D eigenvalue weighted by Gasteiger charge is -2.24. The Morgan fingerprint density at radius 2 is 1.73 bits per heavy atom. The van der Waals surface area contributed by atoms with Crippen LogP contribution in [0.4, 0.5) is 0 Å². The fraction of sp³-hybridized carbons (Fsp3) is 0.556. The van der Waals surface area contributed by atoms with E-state index in [-0.39, 0.29) is 18.6 Å². The van der Waals surface area contributed by atoms with Crippen LogP contribution in [0.1, 0.15) is 18.5 Å². The predicted octanol–water partition coefficient (Wildman–Crippen LogP) is -2.62. The van der Waals surface area contributed by atoms with Crippen molar-refractivity contribution in [2.75, 3.05) is 17.8 Å². The van der Waals surface area contributed by atoms with Crippen LogP contribution in [0.25, 0.3) is 0 Å².